The van der Waals surface area contributed by atoms with Gasteiger partial charge in [-0.1, -0.05) is 13.0 Å². The average Bonchev–Trinajstić information content (AvgIpc) is 3.35. The zero-order chi connectivity index (χ0) is 18.4. The van der Waals surface area contributed by atoms with E-state index in [9.17, 15) is 8.42 Å². The summed E-state index contributed by atoms with van der Waals surface area (Å²) >= 11 is 1.57. The molecule has 0 amide bonds. The topological polar surface area (TPSA) is 73.2 Å². The molecule has 2 aromatic heterocycles. The molecule has 138 valence electrons. The summed E-state index contributed by atoms with van der Waals surface area (Å²) in [6.07, 6.45) is 4.42. The van der Waals surface area contributed by atoms with Gasteiger partial charge in [0.2, 0.25) is 10.0 Å². The van der Waals surface area contributed by atoms with Gasteiger partial charge in [-0.2, -0.15) is 5.10 Å². The Hall–Kier alpha value is -2.16. The maximum Gasteiger partial charge on any atom is 0.240 e. The van der Waals surface area contributed by atoms with Gasteiger partial charge in [-0.05, 0) is 48.2 Å². The van der Waals surface area contributed by atoms with Crippen molar-refractivity contribution in [2.75, 3.05) is 13.2 Å². The lowest BCUT2D eigenvalue weighted by Gasteiger charge is -2.17. The number of rotatable bonds is 9. The maximum absolute atomic E-state index is 12.6. The largest absolute Gasteiger partial charge is 0.494 e. The van der Waals surface area contributed by atoms with Crippen molar-refractivity contribution in [1.82, 2.24) is 14.5 Å². The minimum absolute atomic E-state index is 0.188. The molecule has 0 saturated heterocycles. The highest BCUT2D eigenvalue weighted by Crippen LogP contribution is 2.23. The summed E-state index contributed by atoms with van der Waals surface area (Å²) < 4.78 is 35.2. The van der Waals surface area contributed by atoms with E-state index in [-0.39, 0.29) is 17.5 Å². The summed E-state index contributed by atoms with van der Waals surface area (Å²) in [6, 6.07) is 12.0. The van der Waals surface area contributed by atoms with E-state index in [4.69, 9.17) is 4.74 Å². The van der Waals surface area contributed by atoms with Gasteiger partial charge in [0.15, 0.2) is 0 Å². The summed E-state index contributed by atoms with van der Waals surface area (Å²) in [5, 5.41) is 6.23. The SMILES string of the molecule is CCCOc1ccc(S(=O)(=O)NCC(c2cccs2)n2cccn2)cc1. The Morgan fingerprint density at radius 2 is 2.04 bits per heavy atom. The molecular weight excluding hydrogens is 370 g/mol. The standard InChI is InChI=1S/C18H21N3O3S2/c1-2-12-24-15-6-8-16(9-7-15)26(22,23)20-14-17(18-5-3-13-25-18)21-11-4-10-19-21/h3-11,13,17,20H,2,12,14H2,1H3. The molecule has 1 atom stereocenters. The predicted octanol–water partition coefficient (Wildman–Crippen LogP) is 3.30. The highest BCUT2D eigenvalue weighted by molar-refractivity contribution is 7.89. The van der Waals surface area contributed by atoms with Crippen molar-refractivity contribution in [2.45, 2.75) is 24.3 Å². The van der Waals surface area contributed by atoms with E-state index in [1.165, 1.54) is 0 Å². The van der Waals surface area contributed by atoms with Crippen molar-refractivity contribution >= 4 is 21.4 Å². The Morgan fingerprint density at radius 3 is 2.65 bits per heavy atom. The Labute approximate surface area is 157 Å². The molecule has 0 aliphatic rings. The fraction of sp³-hybridized carbons (Fsp3) is 0.278. The molecule has 1 aromatic carbocycles. The number of aromatic nitrogens is 2. The van der Waals surface area contributed by atoms with E-state index in [2.05, 4.69) is 9.82 Å². The van der Waals surface area contributed by atoms with Gasteiger partial charge in [0.1, 0.15) is 5.75 Å². The van der Waals surface area contributed by atoms with Gasteiger partial charge in [-0.3, -0.25) is 4.68 Å². The zero-order valence-corrected chi connectivity index (χ0v) is 16.0. The van der Waals surface area contributed by atoms with Crippen LogP contribution in [0.4, 0.5) is 0 Å². The van der Waals surface area contributed by atoms with Gasteiger partial charge in [0.05, 0.1) is 17.5 Å². The van der Waals surface area contributed by atoms with Gasteiger partial charge in [0.25, 0.3) is 0 Å². The molecule has 1 unspecified atom stereocenters. The number of thiophene rings is 1. The third-order valence-electron chi connectivity index (χ3n) is 3.79. The van der Waals surface area contributed by atoms with Crippen LogP contribution in [0, 0.1) is 0 Å². The van der Waals surface area contributed by atoms with Gasteiger partial charge in [0, 0.05) is 23.8 Å². The van der Waals surface area contributed by atoms with Crippen LogP contribution in [0.15, 0.2) is 65.1 Å². The second kappa shape index (κ2) is 8.48. The van der Waals surface area contributed by atoms with E-state index in [0.29, 0.717) is 12.4 Å². The van der Waals surface area contributed by atoms with E-state index < -0.39 is 10.0 Å². The molecule has 3 rings (SSSR count). The van der Waals surface area contributed by atoms with E-state index >= 15 is 0 Å². The molecule has 8 heteroatoms. The van der Waals surface area contributed by atoms with Crippen LogP contribution >= 0.6 is 11.3 Å². The lowest BCUT2D eigenvalue weighted by Crippen LogP contribution is -2.31. The van der Waals surface area contributed by atoms with Crippen LogP contribution in [-0.2, 0) is 10.0 Å². The smallest absolute Gasteiger partial charge is 0.240 e. The molecule has 0 radical (unpaired) electrons. The van der Waals surface area contributed by atoms with Crippen molar-refractivity contribution in [1.29, 1.82) is 0 Å². The summed E-state index contributed by atoms with van der Waals surface area (Å²) in [6.45, 7) is 2.85. The molecular formula is C18H21N3O3S2. The summed E-state index contributed by atoms with van der Waals surface area (Å²) in [7, 11) is -3.62. The van der Waals surface area contributed by atoms with Crippen molar-refractivity contribution in [3.63, 3.8) is 0 Å². The summed E-state index contributed by atoms with van der Waals surface area (Å²) in [4.78, 5) is 1.26. The maximum atomic E-state index is 12.6. The van der Waals surface area contributed by atoms with E-state index in [1.807, 2.05) is 36.7 Å². The fourth-order valence-corrected chi connectivity index (χ4v) is 4.34. The number of benzene rings is 1. The molecule has 0 aliphatic heterocycles. The Bertz CT molecular complexity index is 856. The lowest BCUT2D eigenvalue weighted by atomic mass is 10.2. The van der Waals surface area contributed by atoms with Crippen molar-refractivity contribution < 1.29 is 13.2 Å². The molecule has 0 aliphatic carbocycles. The van der Waals surface area contributed by atoms with Crippen LogP contribution in [0.25, 0.3) is 0 Å². The molecule has 6 nitrogen and oxygen atoms in total. The Kier molecular flexibility index (Phi) is 6.08. The van der Waals surface area contributed by atoms with Gasteiger partial charge in [-0.15, -0.1) is 11.3 Å². The van der Waals surface area contributed by atoms with Crippen LogP contribution < -0.4 is 9.46 Å². The van der Waals surface area contributed by atoms with Crippen LogP contribution in [0.5, 0.6) is 5.75 Å². The number of sulfonamides is 1. The van der Waals surface area contributed by atoms with Crippen molar-refractivity contribution in [2.24, 2.45) is 0 Å². The first kappa shape index (κ1) is 18.6. The zero-order valence-electron chi connectivity index (χ0n) is 14.4. The highest BCUT2D eigenvalue weighted by Gasteiger charge is 2.20. The molecule has 26 heavy (non-hydrogen) atoms. The van der Waals surface area contributed by atoms with Crippen LogP contribution in [0.1, 0.15) is 24.3 Å². The minimum Gasteiger partial charge on any atom is -0.494 e. The molecule has 1 N–H and O–H groups in total. The fourth-order valence-electron chi connectivity index (χ4n) is 2.48. The van der Waals surface area contributed by atoms with E-state index in [1.54, 1.807) is 46.5 Å². The third-order valence-corrected chi connectivity index (χ3v) is 6.20. The second-order valence-corrected chi connectivity index (χ2v) is 8.44. The first-order chi connectivity index (χ1) is 12.6. The van der Waals surface area contributed by atoms with Crippen molar-refractivity contribution in [3.8, 4) is 5.75 Å². The highest BCUT2D eigenvalue weighted by atomic mass is 32.2. The number of nitrogens with one attached hydrogen (secondary N) is 1. The predicted molar refractivity (Wildman–Crippen MR) is 102 cm³/mol. The molecule has 2 heterocycles. The van der Waals surface area contributed by atoms with Crippen LogP contribution in [0.3, 0.4) is 0 Å². The number of ether oxygens (including phenoxy) is 1. The molecule has 0 fully saturated rings. The van der Waals surface area contributed by atoms with Gasteiger partial charge >= 0.3 is 0 Å². The third kappa shape index (κ3) is 4.51. The monoisotopic (exact) mass is 391 g/mol. The number of nitrogens with zero attached hydrogens (tertiary/aromatic N) is 2. The lowest BCUT2D eigenvalue weighted by molar-refractivity contribution is 0.317. The quantitative estimate of drug-likeness (QED) is 0.607. The summed E-state index contributed by atoms with van der Waals surface area (Å²) in [5.41, 5.74) is 0. The first-order valence-corrected chi connectivity index (χ1v) is 10.7. The van der Waals surface area contributed by atoms with E-state index in [0.717, 1.165) is 11.3 Å². The number of hydrogen-bond donors (Lipinski definition) is 1. The normalized spacial score (nSPS) is 12.8. The average molecular weight is 392 g/mol. The molecule has 0 saturated carbocycles. The van der Waals surface area contributed by atoms with Gasteiger partial charge < -0.3 is 4.74 Å². The first-order valence-electron chi connectivity index (χ1n) is 8.35. The molecule has 3 aromatic rings. The second-order valence-electron chi connectivity index (χ2n) is 5.69. The Balaban J connectivity index is 1.72. The molecule has 0 spiro atoms. The van der Waals surface area contributed by atoms with Crippen LogP contribution in [0.2, 0.25) is 0 Å². The van der Waals surface area contributed by atoms with Gasteiger partial charge in [-0.25, -0.2) is 13.1 Å². The number of hydrogen-bond acceptors (Lipinski definition) is 5. The van der Waals surface area contributed by atoms with Crippen molar-refractivity contribution in [3.05, 3.63) is 65.1 Å². The Morgan fingerprint density at radius 1 is 1.23 bits per heavy atom. The molecule has 0 bridgehead atoms. The van der Waals surface area contributed by atoms with Crippen LogP contribution in [-0.4, -0.2) is 31.3 Å². The minimum atomic E-state index is -3.62. The summed E-state index contributed by atoms with van der Waals surface area (Å²) in [5.74, 6) is 0.666.